The summed E-state index contributed by atoms with van der Waals surface area (Å²) in [7, 11) is 0. The molecule has 40 heavy (non-hydrogen) atoms. The Labute approximate surface area is 234 Å². The summed E-state index contributed by atoms with van der Waals surface area (Å²) in [5, 5.41) is 11.6. The third kappa shape index (κ3) is 5.50. The number of carbonyl (C=O) groups is 2. The second-order valence-corrected chi connectivity index (χ2v) is 10.2. The maximum atomic E-state index is 13.5. The van der Waals surface area contributed by atoms with Crippen molar-refractivity contribution in [2.75, 3.05) is 13.2 Å². The number of pyridine rings is 1. The van der Waals surface area contributed by atoms with E-state index in [4.69, 9.17) is 4.74 Å². The second-order valence-electron chi connectivity index (χ2n) is 10.2. The van der Waals surface area contributed by atoms with Gasteiger partial charge in [-0.2, -0.15) is 0 Å². The van der Waals surface area contributed by atoms with Crippen molar-refractivity contribution in [3.05, 3.63) is 107 Å². The number of ether oxygens (including phenoxy) is 1. The summed E-state index contributed by atoms with van der Waals surface area (Å²) in [6, 6.07) is 22.1. The van der Waals surface area contributed by atoms with Crippen molar-refractivity contribution in [2.45, 2.75) is 52.0 Å². The van der Waals surface area contributed by atoms with Crippen molar-refractivity contribution in [3.63, 3.8) is 0 Å². The zero-order valence-electron chi connectivity index (χ0n) is 23.0. The van der Waals surface area contributed by atoms with Crippen LogP contribution in [0, 0.1) is 6.92 Å². The van der Waals surface area contributed by atoms with Gasteiger partial charge < -0.3 is 14.7 Å². The number of imidazole rings is 1. The molecule has 1 aliphatic rings. The van der Waals surface area contributed by atoms with Crippen molar-refractivity contribution < 1.29 is 19.4 Å². The van der Waals surface area contributed by atoms with Gasteiger partial charge in [0.15, 0.2) is 5.76 Å². The number of carbonyl (C=O) groups excluding carboxylic acids is 2. The number of aliphatic hydroxyl groups excluding tert-OH is 1. The maximum absolute atomic E-state index is 13.5. The third-order valence-electron chi connectivity index (χ3n) is 7.42. The Morgan fingerprint density at radius 3 is 2.45 bits per heavy atom. The number of fused-ring (bicyclic) bond motifs is 1. The van der Waals surface area contributed by atoms with Gasteiger partial charge >= 0.3 is 0 Å². The number of hydrogen-bond donors (Lipinski definition) is 1. The predicted molar refractivity (Wildman–Crippen MR) is 155 cm³/mol. The lowest BCUT2D eigenvalue weighted by Gasteiger charge is -2.25. The van der Waals surface area contributed by atoms with Crippen LogP contribution >= 0.6 is 0 Å². The monoisotopic (exact) mass is 537 g/mol. The Bertz CT molecular complexity index is 1520. The molecular weight excluding hydrogens is 502 g/mol. The highest BCUT2D eigenvalue weighted by atomic mass is 16.5. The number of aryl methyl sites for hydroxylation is 1. The molecule has 5 rings (SSSR count). The normalized spacial score (nSPS) is 16.6. The van der Waals surface area contributed by atoms with E-state index in [2.05, 4.69) is 11.9 Å². The summed E-state index contributed by atoms with van der Waals surface area (Å²) in [5.41, 5.74) is 3.50. The lowest BCUT2D eigenvalue weighted by atomic mass is 9.96. The molecule has 7 heteroatoms. The lowest BCUT2D eigenvalue weighted by Crippen LogP contribution is -2.31. The highest BCUT2D eigenvalue weighted by molar-refractivity contribution is 6.46. The molecule has 1 unspecified atom stereocenters. The average Bonchev–Trinajstić information content (AvgIpc) is 3.44. The van der Waals surface area contributed by atoms with E-state index in [-0.39, 0.29) is 11.3 Å². The smallest absolute Gasteiger partial charge is 0.295 e. The second kappa shape index (κ2) is 12.2. The van der Waals surface area contributed by atoms with Crippen molar-refractivity contribution in [2.24, 2.45) is 0 Å². The number of hydrogen-bond acceptors (Lipinski definition) is 5. The molecule has 1 aliphatic heterocycles. The van der Waals surface area contributed by atoms with Crippen LogP contribution < -0.4 is 4.74 Å². The van der Waals surface area contributed by atoms with E-state index < -0.39 is 17.7 Å². The van der Waals surface area contributed by atoms with Gasteiger partial charge in [-0.15, -0.1) is 0 Å². The van der Waals surface area contributed by atoms with Crippen molar-refractivity contribution in [1.82, 2.24) is 14.3 Å². The Balaban J connectivity index is 1.52. The van der Waals surface area contributed by atoms with Crippen LogP contribution in [-0.4, -0.2) is 44.2 Å². The number of amides is 1. The molecule has 0 bridgehead atoms. The van der Waals surface area contributed by atoms with Crippen LogP contribution in [0.3, 0.4) is 0 Å². The van der Waals surface area contributed by atoms with Crippen molar-refractivity contribution in [1.29, 1.82) is 0 Å². The van der Waals surface area contributed by atoms with Crippen molar-refractivity contribution >= 4 is 23.1 Å². The van der Waals surface area contributed by atoms with Crippen molar-refractivity contribution in [3.8, 4) is 5.75 Å². The molecule has 0 aliphatic carbocycles. The summed E-state index contributed by atoms with van der Waals surface area (Å²) in [6.45, 7) is 4.94. The van der Waals surface area contributed by atoms with Gasteiger partial charge in [-0.05, 0) is 55.2 Å². The molecule has 1 atom stereocenters. The highest BCUT2D eigenvalue weighted by Gasteiger charge is 2.46. The fourth-order valence-corrected chi connectivity index (χ4v) is 5.34. The summed E-state index contributed by atoms with van der Waals surface area (Å²) in [6.07, 6.45) is 6.86. The number of likely N-dealkylation sites (tertiary alicyclic amines) is 1. The van der Waals surface area contributed by atoms with Gasteiger partial charge in [0.25, 0.3) is 11.7 Å². The van der Waals surface area contributed by atoms with Gasteiger partial charge in [-0.1, -0.05) is 74.7 Å². The minimum Gasteiger partial charge on any atom is -0.505 e. The van der Waals surface area contributed by atoms with E-state index in [0.717, 1.165) is 29.7 Å². The molecule has 1 N–H and O–H groups in total. The first kappa shape index (κ1) is 27.2. The topological polar surface area (TPSA) is 84.1 Å². The van der Waals surface area contributed by atoms with E-state index in [1.165, 1.54) is 12.8 Å². The summed E-state index contributed by atoms with van der Waals surface area (Å²) in [4.78, 5) is 33.1. The van der Waals surface area contributed by atoms with Gasteiger partial charge in [0.05, 0.1) is 23.9 Å². The van der Waals surface area contributed by atoms with Gasteiger partial charge in [0, 0.05) is 12.7 Å². The molecule has 4 aromatic rings. The number of Topliss-reactive ketones (excluding diaryl/α,β-unsaturated/α-hetero) is 1. The first-order valence-electron chi connectivity index (χ1n) is 14.0. The molecule has 1 fully saturated rings. The van der Waals surface area contributed by atoms with E-state index in [0.29, 0.717) is 36.6 Å². The van der Waals surface area contributed by atoms with Crippen LogP contribution in [0.1, 0.15) is 61.2 Å². The molecule has 2 aromatic carbocycles. The molecule has 7 nitrogen and oxygen atoms in total. The predicted octanol–water partition coefficient (Wildman–Crippen LogP) is 6.27. The summed E-state index contributed by atoms with van der Waals surface area (Å²) < 4.78 is 7.67. The molecule has 1 amide bonds. The molecule has 206 valence electrons. The number of unbranched alkanes of at least 4 members (excludes halogenated alkanes) is 3. The van der Waals surface area contributed by atoms with E-state index in [1.54, 1.807) is 22.4 Å². The third-order valence-corrected chi connectivity index (χ3v) is 7.42. The van der Waals surface area contributed by atoms with Gasteiger partial charge in [-0.3, -0.25) is 14.0 Å². The van der Waals surface area contributed by atoms with Crippen LogP contribution in [0.5, 0.6) is 5.75 Å². The fraction of sp³-hybridized carbons (Fsp3) is 0.303. The number of nitrogens with zero attached hydrogens (tertiary/aromatic N) is 3. The molecule has 0 saturated carbocycles. The standard InChI is InChI=1S/C33H35N3O4/c1-3-4-5-11-22-40-26-17-15-25(16-18-26)30-28(31(37)29-23(2)34-27-14-9-10-20-35(27)29)32(38)33(39)36(30)21-19-24-12-7-6-8-13-24/h6-10,12-18,20,30,37H,3-5,11,19,21-22H2,1-2H3. The van der Waals surface area contributed by atoms with Crippen LogP contribution in [0.4, 0.5) is 0 Å². The number of aromatic nitrogens is 2. The first-order valence-corrected chi connectivity index (χ1v) is 14.0. The summed E-state index contributed by atoms with van der Waals surface area (Å²) >= 11 is 0. The number of aliphatic hydroxyl groups is 1. The van der Waals surface area contributed by atoms with E-state index in [1.807, 2.05) is 72.8 Å². The molecule has 1 saturated heterocycles. The number of rotatable bonds is 11. The fourth-order valence-electron chi connectivity index (χ4n) is 5.34. The van der Waals surface area contributed by atoms with Crippen LogP contribution in [0.25, 0.3) is 11.4 Å². The molecular formula is C33H35N3O4. The SMILES string of the molecule is CCCCCCOc1ccc(C2C(=C(O)c3c(C)nc4ccccn34)C(=O)C(=O)N2CCc2ccccc2)cc1. The molecule has 0 spiro atoms. The van der Waals surface area contributed by atoms with Gasteiger partial charge in [-0.25, -0.2) is 4.98 Å². The zero-order chi connectivity index (χ0) is 28.1. The van der Waals surface area contributed by atoms with Gasteiger partial charge in [0.2, 0.25) is 0 Å². The first-order chi connectivity index (χ1) is 19.5. The van der Waals surface area contributed by atoms with E-state index in [9.17, 15) is 14.7 Å². The molecule has 2 aromatic heterocycles. The largest absolute Gasteiger partial charge is 0.505 e. The zero-order valence-corrected chi connectivity index (χ0v) is 23.0. The van der Waals surface area contributed by atoms with Crippen LogP contribution in [0.15, 0.2) is 84.6 Å². The average molecular weight is 538 g/mol. The number of benzene rings is 2. The maximum Gasteiger partial charge on any atom is 0.295 e. The Kier molecular flexibility index (Phi) is 8.29. The summed E-state index contributed by atoms with van der Waals surface area (Å²) in [5.74, 6) is -0.806. The number of ketones is 1. The Hall–Kier alpha value is -4.39. The molecule has 3 heterocycles. The molecule has 0 radical (unpaired) electrons. The van der Waals surface area contributed by atoms with E-state index >= 15 is 0 Å². The van der Waals surface area contributed by atoms with Crippen LogP contribution in [0.2, 0.25) is 0 Å². The Morgan fingerprint density at radius 1 is 0.950 bits per heavy atom. The van der Waals surface area contributed by atoms with Crippen LogP contribution in [-0.2, 0) is 16.0 Å². The lowest BCUT2D eigenvalue weighted by molar-refractivity contribution is -0.139. The quantitative estimate of drug-likeness (QED) is 0.106. The minimum absolute atomic E-state index is 0.0695. The Morgan fingerprint density at radius 2 is 1.70 bits per heavy atom. The van der Waals surface area contributed by atoms with Gasteiger partial charge in [0.1, 0.15) is 17.1 Å². The minimum atomic E-state index is -0.740. The highest BCUT2D eigenvalue weighted by Crippen LogP contribution is 2.40.